The van der Waals surface area contributed by atoms with Crippen molar-refractivity contribution in [3.63, 3.8) is 0 Å². The molecule has 0 heterocycles. The van der Waals surface area contributed by atoms with Crippen molar-refractivity contribution in [1.29, 1.82) is 0 Å². The standard InChI is InChI=1S/C17H28N2O8/c1-8(2)14(27-12(6)21)16(23)18-9(3)15(22)19-13(17(24)25-7)10(4)26-11(5)20/h8-10,13-14H,1-7H3,(H,18,23)(H,19,22)/t9-,10+,13-,14-/m0/s1. The van der Waals surface area contributed by atoms with Gasteiger partial charge in [0.05, 0.1) is 7.11 Å². The van der Waals surface area contributed by atoms with Gasteiger partial charge in [-0.2, -0.15) is 0 Å². The smallest absolute Gasteiger partial charge is 0.332 e. The molecule has 27 heavy (non-hydrogen) atoms. The van der Waals surface area contributed by atoms with Crippen molar-refractivity contribution in [3.8, 4) is 0 Å². The minimum atomic E-state index is -1.25. The molecular formula is C17H28N2O8. The Bertz CT molecular complexity index is 575. The fraction of sp³-hybridized carbons (Fsp3) is 0.706. The number of amides is 2. The lowest BCUT2D eigenvalue weighted by Crippen LogP contribution is -2.56. The fourth-order valence-electron chi connectivity index (χ4n) is 2.14. The second-order valence-corrected chi connectivity index (χ2v) is 6.33. The van der Waals surface area contributed by atoms with Crippen molar-refractivity contribution in [2.24, 2.45) is 5.92 Å². The van der Waals surface area contributed by atoms with E-state index in [0.29, 0.717) is 0 Å². The Morgan fingerprint density at radius 3 is 1.70 bits per heavy atom. The van der Waals surface area contributed by atoms with Gasteiger partial charge in [-0.1, -0.05) is 13.8 Å². The minimum absolute atomic E-state index is 0.309. The average molecular weight is 388 g/mol. The lowest BCUT2D eigenvalue weighted by Gasteiger charge is -2.25. The van der Waals surface area contributed by atoms with Crippen LogP contribution in [0.4, 0.5) is 0 Å². The van der Waals surface area contributed by atoms with E-state index in [-0.39, 0.29) is 5.92 Å². The summed E-state index contributed by atoms with van der Waals surface area (Å²) in [5.74, 6) is -3.73. The van der Waals surface area contributed by atoms with E-state index in [2.05, 4.69) is 15.4 Å². The number of methoxy groups -OCH3 is 1. The normalized spacial score (nSPS) is 15.0. The van der Waals surface area contributed by atoms with Gasteiger partial charge in [-0.15, -0.1) is 0 Å². The Morgan fingerprint density at radius 2 is 1.30 bits per heavy atom. The first kappa shape index (κ1) is 24.4. The summed E-state index contributed by atoms with van der Waals surface area (Å²) in [4.78, 5) is 58.7. The molecule has 0 spiro atoms. The van der Waals surface area contributed by atoms with Gasteiger partial charge in [0, 0.05) is 13.8 Å². The molecular weight excluding hydrogens is 360 g/mol. The molecule has 0 aliphatic rings. The average Bonchev–Trinajstić information content (AvgIpc) is 2.55. The summed E-state index contributed by atoms with van der Waals surface area (Å²) < 4.78 is 14.5. The predicted molar refractivity (Wildman–Crippen MR) is 93.2 cm³/mol. The molecule has 2 N–H and O–H groups in total. The van der Waals surface area contributed by atoms with Crippen LogP contribution in [0.2, 0.25) is 0 Å². The Kier molecular flexibility index (Phi) is 10.1. The van der Waals surface area contributed by atoms with Crippen LogP contribution >= 0.6 is 0 Å². The summed E-state index contributed by atoms with van der Waals surface area (Å²) in [6.45, 7) is 8.52. The number of ether oxygens (including phenoxy) is 3. The third kappa shape index (κ3) is 8.52. The predicted octanol–water partition coefficient (Wildman–Crippen LogP) is -0.312. The Labute approximate surface area is 158 Å². The maximum atomic E-state index is 12.3. The van der Waals surface area contributed by atoms with Gasteiger partial charge < -0.3 is 24.8 Å². The van der Waals surface area contributed by atoms with Gasteiger partial charge in [-0.3, -0.25) is 19.2 Å². The molecule has 4 atom stereocenters. The zero-order chi connectivity index (χ0) is 21.3. The van der Waals surface area contributed by atoms with Crippen LogP contribution in [0.25, 0.3) is 0 Å². The number of hydrogen-bond donors (Lipinski definition) is 2. The van der Waals surface area contributed by atoms with Crippen LogP contribution in [0.3, 0.4) is 0 Å². The van der Waals surface area contributed by atoms with E-state index < -0.39 is 54.0 Å². The van der Waals surface area contributed by atoms with E-state index in [1.807, 2.05) is 0 Å². The Morgan fingerprint density at radius 1 is 0.778 bits per heavy atom. The van der Waals surface area contributed by atoms with Crippen LogP contribution < -0.4 is 10.6 Å². The lowest BCUT2D eigenvalue weighted by atomic mass is 10.1. The third-order valence-corrected chi connectivity index (χ3v) is 3.48. The summed E-state index contributed by atoms with van der Waals surface area (Å²) in [7, 11) is 1.12. The zero-order valence-electron chi connectivity index (χ0n) is 16.7. The molecule has 0 aromatic rings. The number of esters is 3. The topological polar surface area (TPSA) is 137 Å². The second kappa shape index (κ2) is 11.1. The van der Waals surface area contributed by atoms with Crippen LogP contribution in [-0.2, 0) is 38.2 Å². The first-order valence-corrected chi connectivity index (χ1v) is 8.43. The molecule has 154 valence electrons. The lowest BCUT2D eigenvalue weighted by molar-refractivity contribution is -0.158. The van der Waals surface area contributed by atoms with Crippen LogP contribution in [-0.4, -0.2) is 61.1 Å². The molecule has 0 unspecified atom stereocenters. The van der Waals surface area contributed by atoms with E-state index in [1.165, 1.54) is 20.8 Å². The van der Waals surface area contributed by atoms with E-state index in [4.69, 9.17) is 9.47 Å². The van der Waals surface area contributed by atoms with Crippen molar-refractivity contribution < 1.29 is 38.2 Å². The van der Waals surface area contributed by atoms with Crippen molar-refractivity contribution >= 4 is 29.7 Å². The van der Waals surface area contributed by atoms with Crippen molar-refractivity contribution in [3.05, 3.63) is 0 Å². The number of carbonyl (C=O) groups excluding carboxylic acids is 5. The minimum Gasteiger partial charge on any atom is -0.467 e. The van der Waals surface area contributed by atoms with Crippen LogP contribution in [0, 0.1) is 5.92 Å². The first-order chi connectivity index (χ1) is 12.4. The molecule has 0 aromatic carbocycles. The highest BCUT2D eigenvalue weighted by Crippen LogP contribution is 2.08. The number of nitrogens with one attached hydrogen (secondary N) is 2. The quantitative estimate of drug-likeness (QED) is 0.405. The maximum Gasteiger partial charge on any atom is 0.332 e. The molecule has 0 radical (unpaired) electrons. The number of carbonyl (C=O) groups is 5. The summed E-state index contributed by atoms with van der Waals surface area (Å²) in [5, 5.41) is 4.79. The van der Waals surface area contributed by atoms with Gasteiger partial charge in [0.1, 0.15) is 12.1 Å². The van der Waals surface area contributed by atoms with Crippen LogP contribution in [0.15, 0.2) is 0 Å². The summed E-state index contributed by atoms with van der Waals surface area (Å²) in [6.07, 6.45) is -2.04. The largest absolute Gasteiger partial charge is 0.467 e. The number of hydrogen-bond acceptors (Lipinski definition) is 8. The van der Waals surface area contributed by atoms with Gasteiger partial charge >= 0.3 is 17.9 Å². The monoisotopic (exact) mass is 388 g/mol. The van der Waals surface area contributed by atoms with Gasteiger partial charge in [-0.25, -0.2) is 4.79 Å². The molecule has 0 bridgehead atoms. The van der Waals surface area contributed by atoms with Crippen LogP contribution in [0.1, 0.15) is 41.5 Å². The molecule has 0 rings (SSSR count). The van der Waals surface area contributed by atoms with E-state index >= 15 is 0 Å². The maximum absolute atomic E-state index is 12.3. The molecule has 0 fully saturated rings. The summed E-state index contributed by atoms with van der Waals surface area (Å²) in [6, 6.07) is -2.30. The van der Waals surface area contributed by atoms with E-state index in [1.54, 1.807) is 13.8 Å². The van der Waals surface area contributed by atoms with E-state index in [9.17, 15) is 24.0 Å². The Hall–Kier alpha value is -2.65. The second-order valence-electron chi connectivity index (χ2n) is 6.33. The highest BCUT2D eigenvalue weighted by molar-refractivity contribution is 5.92. The molecule has 0 saturated carbocycles. The fourth-order valence-corrected chi connectivity index (χ4v) is 2.14. The summed E-state index contributed by atoms with van der Waals surface area (Å²) in [5.41, 5.74) is 0. The zero-order valence-corrected chi connectivity index (χ0v) is 16.7. The SMILES string of the molecule is COC(=O)[C@@H](NC(=O)[C@H](C)NC(=O)[C@@H](OC(C)=O)C(C)C)[C@@H](C)OC(C)=O. The highest BCUT2D eigenvalue weighted by Gasteiger charge is 2.33. The number of rotatable bonds is 9. The van der Waals surface area contributed by atoms with Crippen molar-refractivity contribution in [2.75, 3.05) is 7.11 Å². The Balaban J connectivity index is 5.07. The van der Waals surface area contributed by atoms with Gasteiger partial charge in [-0.05, 0) is 19.8 Å². The van der Waals surface area contributed by atoms with Crippen molar-refractivity contribution in [2.45, 2.75) is 65.8 Å². The van der Waals surface area contributed by atoms with Gasteiger partial charge in [0.25, 0.3) is 5.91 Å². The first-order valence-electron chi connectivity index (χ1n) is 8.43. The highest BCUT2D eigenvalue weighted by atomic mass is 16.6. The molecule has 10 nitrogen and oxygen atoms in total. The molecule has 0 saturated heterocycles. The molecule has 10 heteroatoms. The molecule has 0 aromatic heterocycles. The van der Waals surface area contributed by atoms with Crippen LogP contribution in [0.5, 0.6) is 0 Å². The van der Waals surface area contributed by atoms with Gasteiger partial charge in [0.2, 0.25) is 5.91 Å². The summed E-state index contributed by atoms with van der Waals surface area (Å²) >= 11 is 0. The van der Waals surface area contributed by atoms with Gasteiger partial charge in [0.15, 0.2) is 12.1 Å². The molecule has 0 aliphatic heterocycles. The van der Waals surface area contributed by atoms with E-state index in [0.717, 1.165) is 14.0 Å². The van der Waals surface area contributed by atoms with Crippen molar-refractivity contribution in [1.82, 2.24) is 10.6 Å². The molecule has 2 amide bonds. The molecule has 0 aliphatic carbocycles. The third-order valence-electron chi connectivity index (χ3n) is 3.48.